The molecule has 2 rings (SSSR count). The first-order valence-corrected chi connectivity index (χ1v) is 6.24. The number of halogens is 2. The Bertz CT molecular complexity index is 568. The zero-order valence-electron chi connectivity index (χ0n) is 10.3. The average molecular weight is 269 g/mol. The molecule has 0 bridgehead atoms. The van der Waals surface area contributed by atoms with Gasteiger partial charge in [0.05, 0.1) is 16.6 Å². The van der Waals surface area contributed by atoms with Crippen LogP contribution < -0.4 is 5.32 Å². The predicted molar refractivity (Wildman–Crippen MR) is 66.6 cm³/mol. The van der Waals surface area contributed by atoms with E-state index in [1.165, 1.54) is 18.5 Å². The van der Waals surface area contributed by atoms with Gasteiger partial charge in [-0.05, 0) is 38.0 Å². The molecule has 0 spiro atoms. The zero-order valence-corrected chi connectivity index (χ0v) is 11.1. The maximum absolute atomic E-state index is 14.0. The Morgan fingerprint density at radius 3 is 2.50 bits per heavy atom. The molecule has 1 aromatic carbocycles. The Kier molecular flexibility index (Phi) is 3.68. The van der Waals surface area contributed by atoms with Gasteiger partial charge in [0.25, 0.3) is 0 Å². The highest BCUT2D eigenvalue weighted by molar-refractivity contribution is 7.05. The average Bonchev–Trinajstić information content (AvgIpc) is 2.77. The minimum absolute atomic E-state index is 0.273. The number of nitrogens with zero attached hydrogens (tertiary/aromatic N) is 2. The van der Waals surface area contributed by atoms with Crippen LogP contribution in [0.4, 0.5) is 8.78 Å². The first kappa shape index (κ1) is 13.0. The lowest BCUT2D eigenvalue weighted by Gasteiger charge is -2.16. The second-order valence-electron chi connectivity index (χ2n) is 4.04. The molecule has 0 saturated carbocycles. The topological polar surface area (TPSA) is 37.8 Å². The minimum Gasteiger partial charge on any atom is -0.308 e. The van der Waals surface area contributed by atoms with Gasteiger partial charge in [-0.3, -0.25) is 0 Å². The zero-order chi connectivity index (χ0) is 13.3. The largest absolute Gasteiger partial charge is 0.308 e. The first-order chi connectivity index (χ1) is 8.56. The maximum atomic E-state index is 14.0. The third-order valence-electron chi connectivity index (χ3n) is 2.85. The van der Waals surface area contributed by atoms with Crippen LogP contribution in [-0.4, -0.2) is 16.6 Å². The molecule has 0 aliphatic carbocycles. The Balaban J connectivity index is 2.53. The number of nitrogens with one attached hydrogen (secondary N) is 1. The van der Waals surface area contributed by atoms with Gasteiger partial charge in [-0.1, -0.05) is 16.6 Å². The third kappa shape index (κ3) is 2.13. The van der Waals surface area contributed by atoms with Crippen LogP contribution in [-0.2, 0) is 0 Å². The molecule has 1 unspecified atom stereocenters. The lowest BCUT2D eigenvalue weighted by Crippen LogP contribution is -2.19. The molecule has 0 saturated heterocycles. The van der Waals surface area contributed by atoms with Crippen molar-refractivity contribution >= 4 is 11.5 Å². The van der Waals surface area contributed by atoms with Gasteiger partial charge in [0, 0.05) is 5.56 Å². The molecule has 1 heterocycles. The molecular formula is C12H13F2N3S. The van der Waals surface area contributed by atoms with Crippen molar-refractivity contribution < 1.29 is 8.78 Å². The fourth-order valence-electron chi connectivity index (χ4n) is 1.81. The number of benzene rings is 1. The summed E-state index contributed by atoms with van der Waals surface area (Å²) >= 11 is 1.18. The molecule has 18 heavy (non-hydrogen) atoms. The van der Waals surface area contributed by atoms with Crippen LogP contribution in [0.15, 0.2) is 12.1 Å². The van der Waals surface area contributed by atoms with E-state index in [1.807, 2.05) is 0 Å². The number of aromatic nitrogens is 2. The van der Waals surface area contributed by atoms with Crippen LogP contribution in [0.3, 0.4) is 0 Å². The van der Waals surface area contributed by atoms with Crippen molar-refractivity contribution in [3.8, 4) is 0 Å². The molecule has 0 amide bonds. The third-order valence-corrected chi connectivity index (χ3v) is 3.74. The van der Waals surface area contributed by atoms with E-state index in [4.69, 9.17) is 0 Å². The molecule has 0 aliphatic rings. The van der Waals surface area contributed by atoms with Gasteiger partial charge in [0.2, 0.25) is 0 Å². The van der Waals surface area contributed by atoms with Crippen LogP contribution in [0.2, 0.25) is 0 Å². The molecule has 3 nitrogen and oxygen atoms in total. The van der Waals surface area contributed by atoms with E-state index in [9.17, 15) is 8.78 Å². The molecule has 1 N–H and O–H groups in total. The van der Waals surface area contributed by atoms with Crippen LogP contribution in [0, 0.1) is 25.5 Å². The van der Waals surface area contributed by atoms with Crippen molar-refractivity contribution in [1.29, 1.82) is 0 Å². The van der Waals surface area contributed by atoms with Crippen molar-refractivity contribution in [1.82, 2.24) is 14.9 Å². The summed E-state index contributed by atoms with van der Waals surface area (Å²) in [6.45, 7) is 3.34. The summed E-state index contributed by atoms with van der Waals surface area (Å²) in [4.78, 5) is 0.791. The highest BCUT2D eigenvalue weighted by Gasteiger charge is 2.23. The molecule has 0 fully saturated rings. The summed E-state index contributed by atoms with van der Waals surface area (Å²) in [5.74, 6) is -1.62. The predicted octanol–water partition coefficient (Wildman–Crippen LogP) is 2.74. The SMILES string of the molecule is CNC(c1ccc(C)c(F)c1F)c1snnc1C. The van der Waals surface area contributed by atoms with Gasteiger partial charge in [0.15, 0.2) is 11.6 Å². The van der Waals surface area contributed by atoms with E-state index in [-0.39, 0.29) is 5.56 Å². The summed E-state index contributed by atoms with van der Waals surface area (Å²) in [6, 6.07) is 2.73. The molecule has 0 radical (unpaired) electrons. The minimum atomic E-state index is -0.817. The Morgan fingerprint density at radius 1 is 1.22 bits per heavy atom. The Morgan fingerprint density at radius 2 is 1.94 bits per heavy atom. The van der Waals surface area contributed by atoms with Gasteiger partial charge in [-0.25, -0.2) is 8.78 Å². The monoisotopic (exact) mass is 269 g/mol. The van der Waals surface area contributed by atoms with Crippen LogP contribution in [0.25, 0.3) is 0 Å². The molecular weight excluding hydrogens is 256 g/mol. The second-order valence-corrected chi connectivity index (χ2v) is 4.83. The summed E-state index contributed by atoms with van der Waals surface area (Å²) in [7, 11) is 1.70. The number of rotatable bonds is 3. The van der Waals surface area contributed by atoms with Crippen LogP contribution >= 0.6 is 11.5 Å². The van der Waals surface area contributed by atoms with E-state index in [2.05, 4.69) is 14.9 Å². The second kappa shape index (κ2) is 5.07. The normalized spacial score (nSPS) is 12.7. The first-order valence-electron chi connectivity index (χ1n) is 5.46. The van der Waals surface area contributed by atoms with Gasteiger partial charge in [0.1, 0.15) is 0 Å². The molecule has 0 aliphatic heterocycles. The molecule has 1 aromatic heterocycles. The highest BCUT2D eigenvalue weighted by atomic mass is 32.1. The molecule has 2 aromatic rings. The van der Waals surface area contributed by atoms with Crippen LogP contribution in [0.1, 0.15) is 27.7 Å². The fraction of sp³-hybridized carbons (Fsp3) is 0.333. The summed E-state index contributed by atoms with van der Waals surface area (Å²) in [6.07, 6.45) is 0. The van der Waals surface area contributed by atoms with E-state index >= 15 is 0 Å². The van der Waals surface area contributed by atoms with Crippen molar-refractivity contribution in [2.24, 2.45) is 0 Å². The number of aryl methyl sites for hydroxylation is 2. The fourth-order valence-corrected chi connectivity index (χ4v) is 2.59. The summed E-state index contributed by atoms with van der Waals surface area (Å²) in [5, 5.41) is 6.87. The Labute approximate surface area is 108 Å². The molecule has 96 valence electrons. The van der Waals surface area contributed by atoms with E-state index < -0.39 is 17.7 Å². The summed E-state index contributed by atoms with van der Waals surface area (Å²) < 4.78 is 31.4. The van der Waals surface area contributed by atoms with Gasteiger partial charge in [-0.15, -0.1) is 5.10 Å². The number of hydrogen-bond donors (Lipinski definition) is 1. The van der Waals surface area contributed by atoms with Gasteiger partial charge >= 0.3 is 0 Å². The molecule has 1 atom stereocenters. The van der Waals surface area contributed by atoms with Crippen molar-refractivity contribution in [3.05, 3.63) is 45.5 Å². The summed E-state index contributed by atoms with van der Waals surface area (Å²) in [5.41, 5.74) is 1.29. The lowest BCUT2D eigenvalue weighted by molar-refractivity contribution is 0.483. The van der Waals surface area contributed by atoms with Crippen LogP contribution in [0.5, 0.6) is 0 Å². The standard InChI is InChI=1S/C12H13F2N3S/c1-6-4-5-8(10(14)9(6)13)11(15-3)12-7(2)16-17-18-12/h4-5,11,15H,1-3H3. The maximum Gasteiger partial charge on any atom is 0.164 e. The smallest absolute Gasteiger partial charge is 0.164 e. The van der Waals surface area contributed by atoms with E-state index in [0.29, 0.717) is 5.56 Å². The lowest BCUT2D eigenvalue weighted by atomic mass is 10.0. The van der Waals surface area contributed by atoms with Crippen molar-refractivity contribution in [2.45, 2.75) is 19.9 Å². The van der Waals surface area contributed by atoms with Gasteiger partial charge in [-0.2, -0.15) is 0 Å². The quantitative estimate of drug-likeness (QED) is 0.931. The Hall–Kier alpha value is -1.40. The van der Waals surface area contributed by atoms with Crippen molar-refractivity contribution in [3.63, 3.8) is 0 Å². The van der Waals surface area contributed by atoms with Crippen molar-refractivity contribution in [2.75, 3.05) is 7.05 Å². The molecule has 6 heteroatoms. The number of hydrogen-bond acceptors (Lipinski definition) is 4. The highest BCUT2D eigenvalue weighted by Crippen LogP contribution is 2.29. The van der Waals surface area contributed by atoms with Gasteiger partial charge < -0.3 is 5.32 Å². The van der Waals surface area contributed by atoms with E-state index in [0.717, 1.165) is 10.6 Å². The van der Waals surface area contributed by atoms with E-state index in [1.54, 1.807) is 26.1 Å².